The van der Waals surface area contributed by atoms with Crippen molar-refractivity contribution in [2.45, 2.75) is 32.1 Å². The minimum Gasteiger partial charge on any atom is -0.378 e. The third kappa shape index (κ3) is 1.05. The molecular weight excluding hydrogens is 122 g/mol. The van der Waals surface area contributed by atoms with E-state index in [1.54, 1.807) is 0 Å². The number of nitrogens with one attached hydrogen (secondary N) is 1. The van der Waals surface area contributed by atoms with Crippen LogP contribution in [0.1, 0.15) is 32.1 Å². The number of fused-ring (bicyclic) bond motifs is 1. The molecule has 1 heteroatoms. The molecule has 1 aliphatic carbocycles. The van der Waals surface area contributed by atoms with E-state index in [0.717, 1.165) is 12.3 Å². The van der Waals surface area contributed by atoms with Gasteiger partial charge in [0.1, 0.15) is 0 Å². The standard InChI is InChI=1S/C9H13N/c1-2-6-9-8(4-1)5-3-7-10-9/h6,8,10H,1-5H2. The number of rotatable bonds is 0. The Balaban J connectivity index is 2.08. The second kappa shape index (κ2) is 2.65. The fourth-order valence-electron chi connectivity index (χ4n) is 1.81. The zero-order valence-corrected chi connectivity index (χ0v) is 6.19. The van der Waals surface area contributed by atoms with Gasteiger partial charge >= 0.3 is 0 Å². The van der Waals surface area contributed by atoms with Crippen LogP contribution in [0, 0.1) is 12.5 Å². The van der Waals surface area contributed by atoms with Gasteiger partial charge in [-0.1, -0.05) is 6.08 Å². The zero-order valence-electron chi connectivity index (χ0n) is 6.19. The molecule has 2 aliphatic rings. The molecule has 0 bridgehead atoms. The van der Waals surface area contributed by atoms with Crippen LogP contribution in [0.2, 0.25) is 0 Å². The number of piperidine rings is 1. The third-order valence-corrected chi connectivity index (χ3v) is 2.41. The Morgan fingerprint density at radius 2 is 2.50 bits per heavy atom. The normalized spacial score (nSPS) is 32.0. The molecule has 54 valence electrons. The second-order valence-electron chi connectivity index (χ2n) is 3.13. The van der Waals surface area contributed by atoms with E-state index in [2.05, 4.69) is 17.9 Å². The van der Waals surface area contributed by atoms with Crippen LogP contribution in [0.5, 0.6) is 0 Å². The van der Waals surface area contributed by atoms with Crippen molar-refractivity contribution in [3.05, 3.63) is 18.3 Å². The summed E-state index contributed by atoms with van der Waals surface area (Å²) in [5.41, 5.74) is 1.44. The summed E-state index contributed by atoms with van der Waals surface area (Å²) in [5, 5.41) is 3.23. The van der Waals surface area contributed by atoms with Crippen molar-refractivity contribution in [3.8, 4) is 0 Å². The first-order valence-corrected chi connectivity index (χ1v) is 4.16. The predicted molar refractivity (Wildman–Crippen MR) is 41.0 cm³/mol. The van der Waals surface area contributed by atoms with E-state index < -0.39 is 0 Å². The smallest absolute Gasteiger partial charge is 0.0878 e. The molecule has 10 heavy (non-hydrogen) atoms. The van der Waals surface area contributed by atoms with E-state index in [4.69, 9.17) is 0 Å². The summed E-state index contributed by atoms with van der Waals surface area (Å²) in [6, 6.07) is 0. The molecule has 0 amide bonds. The SMILES string of the molecule is [C]1CCC2CCCC=C2N1. The van der Waals surface area contributed by atoms with Crippen molar-refractivity contribution in [2.24, 2.45) is 5.92 Å². The van der Waals surface area contributed by atoms with Gasteiger partial charge in [-0.2, -0.15) is 0 Å². The first-order valence-electron chi connectivity index (χ1n) is 4.16. The molecule has 1 unspecified atom stereocenters. The van der Waals surface area contributed by atoms with Crippen LogP contribution in [0.3, 0.4) is 0 Å². The average molecular weight is 135 g/mol. The maximum Gasteiger partial charge on any atom is 0.0878 e. The van der Waals surface area contributed by atoms with E-state index in [9.17, 15) is 0 Å². The van der Waals surface area contributed by atoms with E-state index in [1.165, 1.54) is 31.4 Å². The Morgan fingerprint density at radius 1 is 1.50 bits per heavy atom. The van der Waals surface area contributed by atoms with Gasteiger partial charge in [-0.15, -0.1) is 0 Å². The molecule has 1 atom stereocenters. The number of hydrogen-bond donors (Lipinski definition) is 1. The molecule has 1 N–H and O–H groups in total. The highest BCUT2D eigenvalue weighted by atomic mass is 14.9. The summed E-state index contributed by atoms with van der Waals surface area (Å²) in [4.78, 5) is 0. The van der Waals surface area contributed by atoms with Crippen molar-refractivity contribution in [1.29, 1.82) is 0 Å². The number of allylic oxidation sites excluding steroid dienone is 2. The lowest BCUT2D eigenvalue weighted by Gasteiger charge is -2.29. The Labute approximate surface area is 62.5 Å². The fourth-order valence-corrected chi connectivity index (χ4v) is 1.81. The lowest BCUT2D eigenvalue weighted by molar-refractivity contribution is 0.418. The Hall–Kier alpha value is -0.460. The van der Waals surface area contributed by atoms with Crippen molar-refractivity contribution < 1.29 is 0 Å². The molecule has 0 aromatic heterocycles. The quantitative estimate of drug-likeness (QED) is 0.536. The molecule has 1 nitrogen and oxygen atoms in total. The fraction of sp³-hybridized carbons (Fsp3) is 0.667. The first kappa shape index (κ1) is 6.26. The van der Waals surface area contributed by atoms with Crippen LogP contribution < -0.4 is 5.32 Å². The van der Waals surface area contributed by atoms with Gasteiger partial charge in [-0.3, -0.25) is 0 Å². The van der Waals surface area contributed by atoms with E-state index in [0.29, 0.717) is 0 Å². The monoisotopic (exact) mass is 135 g/mol. The van der Waals surface area contributed by atoms with Crippen LogP contribution >= 0.6 is 0 Å². The van der Waals surface area contributed by atoms with Gasteiger partial charge in [0.15, 0.2) is 0 Å². The van der Waals surface area contributed by atoms with E-state index in [1.807, 2.05) is 0 Å². The van der Waals surface area contributed by atoms with Gasteiger partial charge < -0.3 is 5.32 Å². The van der Waals surface area contributed by atoms with Gasteiger partial charge in [-0.25, -0.2) is 0 Å². The minimum atomic E-state index is 0.843. The third-order valence-electron chi connectivity index (χ3n) is 2.41. The lowest BCUT2D eigenvalue weighted by Crippen LogP contribution is -2.25. The lowest BCUT2D eigenvalue weighted by atomic mass is 9.86. The molecule has 1 saturated heterocycles. The molecule has 0 aromatic rings. The van der Waals surface area contributed by atoms with Crippen molar-refractivity contribution >= 4 is 0 Å². The first-order chi connectivity index (χ1) is 4.97. The maximum absolute atomic E-state index is 3.23. The van der Waals surface area contributed by atoms with Gasteiger partial charge in [0, 0.05) is 5.70 Å². The molecule has 1 heterocycles. The van der Waals surface area contributed by atoms with E-state index in [-0.39, 0.29) is 0 Å². The Morgan fingerprint density at radius 3 is 3.40 bits per heavy atom. The predicted octanol–water partition coefficient (Wildman–Crippen LogP) is 2.09. The maximum atomic E-state index is 3.23. The molecule has 0 saturated carbocycles. The largest absolute Gasteiger partial charge is 0.378 e. The molecule has 0 aromatic carbocycles. The van der Waals surface area contributed by atoms with Crippen LogP contribution in [0.4, 0.5) is 0 Å². The highest BCUT2D eigenvalue weighted by molar-refractivity contribution is 5.11. The van der Waals surface area contributed by atoms with Gasteiger partial charge in [0.05, 0.1) is 6.54 Å². The molecule has 2 rings (SSSR count). The molecule has 1 aliphatic heterocycles. The summed E-state index contributed by atoms with van der Waals surface area (Å²) in [6.45, 7) is 3.17. The Bertz CT molecular complexity index is 149. The van der Waals surface area contributed by atoms with Gasteiger partial charge in [0.25, 0.3) is 0 Å². The highest BCUT2D eigenvalue weighted by Crippen LogP contribution is 2.30. The summed E-state index contributed by atoms with van der Waals surface area (Å²) in [7, 11) is 0. The molecule has 2 radical (unpaired) electrons. The summed E-state index contributed by atoms with van der Waals surface area (Å²) in [5.74, 6) is 0.843. The number of hydrogen-bond acceptors (Lipinski definition) is 1. The topological polar surface area (TPSA) is 12.0 Å². The van der Waals surface area contributed by atoms with Crippen LogP contribution in [-0.4, -0.2) is 0 Å². The van der Waals surface area contributed by atoms with Gasteiger partial charge in [0.2, 0.25) is 0 Å². The van der Waals surface area contributed by atoms with Crippen LogP contribution in [0.25, 0.3) is 0 Å². The van der Waals surface area contributed by atoms with Crippen LogP contribution in [0.15, 0.2) is 11.8 Å². The van der Waals surface area contributed by atoms with E-state index >= 15 is 0 Å². The summed E-state index contributed by atoms with van der Waals surface area (Å²) >= 11 is 0. The van der Waals surface area contributed by atoms with Crippen LogP contribution in [-0.2, 0) is 0 Å². The summed E-state index contributed by atoms with van der Waals surface area (Å²) in [6.07, 6.45) is 8.82. The average Bonchev–Trinajstić information content (AvgIpc) is 2.05. The van der Waals surface area contributed by atoms with Gasteiger partial charge in [-0.05, 0) is 38.0 Å². The second-order valence-corrected chi connectivity index (χ2v) is 3.13. The molecular formula is C9H13N. The highest BCUT2D eigenvalue weighted by Gasteiger charge is 2.20. The Kier molecular flexibility index (Phi) is 1.66. The minimum absolute atomic E-state index is 0.843. The molecule has 1 fully saturated rings. The summed E-state index contributed by atoms with van der Waals surface area (Å²) < 4.78 is 0. The van der Waals surface area contributed by atoms with Crippen molar-refractivity contribution in [1.82, 2.24) is 5.32 Å². The van der Waals surface area contributed by atoms with Crippen molar-refractivity contribution in [2.75, 3.05) is 0 Å². The molecule has 0 spiro atoms. The zero-order chi connectivity index (χ0) is 6.81. The van der Waals surface area contributed by atoms with Crippen molar-refractivity contribution in [3.63, 3.8) is 0 Å².